The molecule has 0 saturated heterocycles. The Morgan fingerprint density at radius 2 is 0.482 bits per heavy atom. The Bertz CT molecular complexity index is 1990. The van der Waals surface area contributed by atoms with Crippen molar-refractivity contribution in [3.05, 3.63) is 194 Å². The fraction of sp³-hybridized carbons (Fsp3) is 0.545. The number of allylic oxidation sites excluding steroid dienone is 31. The molecule has 0 aromatic carbocycles. The maximum absolute atomic E-state index is 12.9. The number of carbonyl (C=O) groups excluding carboxylic acids is 3. The molecule has 6 nitrogen and oxygen atoms in total. The van der Waals surface area contributed by atoms with Gasteiger partial charge in [-0.3, -0.25) is 14.4 Å². The zero-order valence-corrected chi connectivity index (χ0v) is 52.9. The molecule has 0 amide bonds. The Balaban J connectivity index is 4.41. The molecule has 1 atom stereocenters. The highest BCUT2D eigenvalue weighted by atomic mass is 16.6. The van der Waals surface area contributed by atoms with Crippen molar-refractivity contribution >= 4 is 17.9 Å². The van der Waals surface area contributed by atoms with Gasteiger partial charge in [-0.25, -0.2) is 0 Å². The highest BCUT2D eigenvalue weighted by molar-refractivity contribution is 5.72. The molecule has 0 N–H and O–H groups in total. The van der Waals surface area contributed by atoms with E-state index in [-0.39, 0.29) is 38.0 Å². The van der Waals surface area contributed by atoms with Crippen molar-refractivity contribution in [2.24, 2.45) is 0 Å². The second-order valence-corrected chi connectivity index (χ2v) is 20.9. The van der Waals surface area contributed by atoms with Gasteiger partial charge in [0, 0.05) is 12.8 Å². The largest absolute Gasteiger partial charge is 0.462 e. The van der Waals surface area contributed by atoms with E-state index in [4.69, 9.17) is 14.2 Å². The van der Waals surface area contributed by atoms with E-state index in [0.717, 1.165) is 161 Å². The van der Waals surface area contributed by atoms with Crippen LogP contribution in [0, 0.1) is 0 Å². The Labute approximate surface area is 509 Å². The number of hydrogen-bond donors (Lipinski definition) is 0. The smallest absolute Gasteiger partial charge is 0.309 e. The van der Waals surface area contributed by atoms with Gasteiger partial charge >= 0.3 is 17.9 Å². The topological polar surface area (TPSA) is 78.9 Å². The van der Waals surface area contributed by atoms with Crippen LogP contribution in [0.2, 0.25) is 0 Å². The van der Waals surface area contributed by atoms with Crippen LogP contribution >= 0.6 is 0 Å². The van der Waals surface area contributed by atoms with Crippen molar-refractivity contribution in [2.75, 3.05) is 13.2 Å². The summed E-state index contributed by atoms with van der Waals surface area (Å²) in [7, 11) is 0. The summed E-state index contributed by atoms with van der Waals surface area (Å²) in [6.07, 6.45) is 105. The third-order valence-electron chi connectivity index (χ3n) is 13.1. The molecule has 0 spiro atoms. The van der Waals surface area contributed by atoms with Crippen LogP contribution in [0.5, 0.6) is 0 Å². The Morgan fingerprint density at radius 1 is 0.253 bits per heavy atom. The average Bonchev–Trinajstić information content (AvgIpc) is 3.49. The Kier molecular flexibility index (Phi) is 64.0. The van der Waals surface area contributed by atoms with E-state index in [1.165, 1.54) is 51.4 Å². The van der Waals surface area contributed by atoms with E-state index in [1.54, 1.807) is 6.08 Å². The van der Waals surface area contributed by atoms with Crippen LogP contribution in [-0.2, 0) is 28.6 Å². The van der Waals surface area contributed by atoms with Crippen molar-refractivity contribution in [1.82, 2.24) is 0 Å². The van der Waals surface area contributed by atoms with Crippen molar-refractivity contribution in [3.8, 4) is 0 Å². The summed E-state index contributed by atoms with van der Waals surface area (Å²) in [5.74, 6) is -1.09. The summed E-state index contributed by atoms with van der Waals surface area (Å²) in [6, 6.07) is 0. The molecule has 0 aromatic heterocycles. The lowest BCUT2D eigenvalue weighted by Crippen LogP contribution is -2.30. The van der Waals surface area contributed by atoms with Gasteiger partial charge in [0.05, 0.1) is 6.42 Å². The Hall–Kier alpha value is -5.75. The molecule has 0 aromatic rings. The number of esters is 3. The van der Waals surface area contributed by atoms with Gasteiger partial charge in [0.25, 0.3) is 0 Å². The van der Waals surface area contributed by atoms with Gasteiger partial charge in [0.2, 0.25) is 0 Å². The third kappa shape index (κ3) is 66.9. The van der Waals surface area contributed by atoms with Gasteiger partial charge in [-0.05, 0) is 141 Å². The molecule has 0 rings (SSSR count). The fourth-order valence-electron chi connectivity index (χ4n) is 8.31. The lowest BCUT2D eigenvalue weighted by molar-refractivity contribution is -0.166. The minimum absolute atomic E-state index is 0.114. The molecule has 0 aliphatic carbocycles. The van der Waals surface area contributed by atoms with Gasteiger partial charge in [0.15, 0.2) is 6.10 Å². The molecule has 462 valence electrons. The normalized spacial score (nSPS) is 13.4. The first-order valence-electron chi connectivity index (χ1n) is 32.9. The first-order chi connectivity index (χ1) is 41.0. The van der Waals surface area contributed by atoms with E-state index in [2.05, 4.69) is 203 Å². The Morgan fingerprint density at radius 3 is 0.783 bits per heavy atom. The van der Waals surface area contributed by atoms with E-state index >= 15 is 0 Å². The summed E-state index contributed by atoms with van der Waals surface area (Å²) in [5.41, 5.74) is 0. The zero-order chi connectivity index (χ0) is 59.9. The predicted octanol–water partition coefficient (Wildman–Crippen LogP) is 23.0. The van der Waals surface area contributed by atoms with Crippen LogP contribution in [0.4, 0.5) is 0 Å². The molecule has 0 aliphatic heterocycles. The predicted molar refractivity (Wildman–Crippen MR) is 361 cm³/mol. The zero-order valence-electron chi connectivity index (χ0n) is 52.9. The van der Waals surface area contributed by atoms with Crippen molar-refractivity contribution in [1.29, 1.82) is 0 Å². The minimum atomic E-state index is -0.839. The molecule has 0 aliphatic rings. The number of carbonyl (C=O) groups is 3. The average molecular weight is 1140 g/mol. The van der Waals surface area contributed by atoms with Crippen molar-refractivity contribution in [3.63, 3.8) is 0 Å². The molecule has 6 heteroatoms. The summed E-state index contributed by atoms with van der Waals surface area (Å²) >= 11 is 0. The summed E-state index contributed by atoms with van der Waals surface area (Å²) < 4.78 is 16.8. The first-order valence-corrected chi connectivity index (χ1v) is 32.9. The molecule has 0 fully saturated rings. The second-order valence-electron chi connectivity index (χ2n) is 20.9. The lowest BCUT2D eigenvalue weighted by Gasteiger charge is -2.18. The molecular weight excluding hydrogens is 1020 g/mol. The van der Waals surface area contributed by atoms with Gasteiger partial charge in [-0.15, -0.1) is 0 Å². The molecule has 1 unspecified atom stereocenters. The van der Waals surface area contributed by atoms with Crippen molar-refractivity contribution < 1.29 is 28.6 Å². The number of unbranched alkanes of at least 4 members (excludes halogenated alkanes) is 15. The molecule has 0 bridgehead atoms. The van der Waals surface area contributed by atoms with Gasteiger partial charge in [-0.2, -0.15) is 0 Å². The van der Waals surface area contributed by atoms with Crippen LogP contribution < -0.4 is 0 Å². The second kappa shape index (κ2) is 68.7. The third-order valence-corrected chi connectivity index (χ3v) is 13.1. The highest BCUT2D eigenvalue weighted by Crippen LogP contribution is 2.14. The maximum atomic E-state index is 12.9. The summed E-state index contributed by atoms with van der Waals surface area (Å²) in [4.78, 5) is 38.3. The summed E-state index contributed by atoms with van der Waals surface area (Å²) in [6.45, 7) is 6.19. The number of rotatable bonds is 57. The highest BCUT2D eigenvalue weighted by Gasteiger charge is 2.19. The van der Waals surface area contributed by atoms with Crippen LogP contribution in [0.1, 0.15) is 252 Å². The summed E-state index contributed by atoms with van der Waals surface area (Å²) in [5, 5.41) is 0. The molecule has 0 radical (unpaired) electrons. The van der Waals surface area contributed by atoms with Gasteiger partial charge in [0.1, 0.15) is 13.2 Å². The van der Waals surface area contributed by atoms with Crippen molar-refractivity contribution in [2.45, 2.75) is 258 Å². The molecule has 0 saturated carbocycles. The van der Waals surface area contributed by atoms with E-state index in [1.807, 2.05) is 6.08 Å². The van der Waals surface area contributed by atoms with Crippen LogP contribution in [0.15, 0.2) is 194 Å². The lowest BCUT2D eigenvalue weighted by atomic mass is 10.1. The number of ether oxygens (including phenoxy) is 3. The monoisotopic (exact) mass is 1140 g/mol. The van der Waals surface area contributed by atoms with Crippen LogP contribution in [0.25, 0.3) is 0 Å². The molecule has 0 heterocycles. The first kappa shape index (κ1) is 77.2. The van der Waals surface area contributed by atoms with E-state index < -0.39 is 12.1 Å². The van der Waals surface area contributed by atoms with E-state index in [9.17, 15) is 14.4 Å². The standard InChI is InChI=1S/C77H118O6/c1-4-7-10-13-16-19-22-25-28-30-31-32-33-34-35-36-37-38-39-40-41-42-43-44-45-47-49-52-55-58-61-64-67-70-76(79)82-73-74(72-81-75(78)69-66-63-60-57-54-51-48-27-24-21-18-15-12-9-6-3)83-77(80)71-68-65-62-59-56-53-50-46-29-26-23-20-17-14-11-8-5-2/h7-12,16-21,25-29,31-32,34-35,37-38,40-41,43-44,48,54,57,63,66,74H,4-6,13-15,22-24,30,33,36,39,42,45-47,49-53,55-56,58-62,64-65,67-73H2,1-3H3/b10-7-,11-8-,12-9-,19-16-,20-17-,21-18-,28-25-,29-26-,32-31-,35-34-,38-37-,41-40-,44-43-,48-27-,57-54-,66-63-. The van der Waals surface area contributed by atoms with Gasteiger partial charge < -0.3 is 14.2 Å². The quantitative estimate of drug-likeness (QED) is 0.0261. The van der Waals surface area contributed by atoms with E-state index in [0.29, 0.717) is 6.42 Å². The van der Waals surface area contributed by atoms with Crippen LogP contribution in [0.3, 0.4) is 0 Å². The SMILES string of the molecule is CC/C=C\C/C=C\C/C=C\C/C=C\C/C=C\C/C=C\C/C=C\C/C=C\CCCCCCCCCCC(=O)OCC(COC(=O)C/C=C\C/C=C\C/C=C\C/C=C\C/C=C\CC)OC(=O)CCCCCCCCC/C=C\C/C=C\C/C=C\CC. The number of hydrogen-bond acceptors (Lipinski definition) is 6. The van der Waals surface area contributed by atoms with Crippen LogP contribution in [-0.4, -0.2) is 37.2 Å². The fourth-order valence-corrected chi connectivity index (χ4v) is 8.31. The van der Waals surface area contributed by atoms with Gasteiger partial charge in [-0.1, -0.05) is 286 Å². The maximum Gasteiger partial charge on any atom is 0.309 e. The molecule has 83 heavy (non-hydrogen) atoms. The molecular formula is C77H118O6. The minimum Gasteiger partial charge on any atom is -0.462 e.